The maximum Gasteiger partial charge on any atom is 0.352 e. The molecule has 1 aromatic carbocycles. The molecule has 0 atom stereocenters. The largest absolute Gasteiger partial charge is 0.477 e. The van der Waals surface area contributed by atoms with Crippen molar-refractivity contribution in [2.24, 2.45) is 0 Å². The highest BCUT2D eigenvalue weighted by atomic mass is 19.1. The zero-order valence-electron chi connectivity index (χ0n) is 11.2. The summed E-state index contributed by atoms with van der Waals surface area (Å²) in [6.45, 7) is 2.36. The fourth-order valence-electron chi connectivity index (χ4n) is 2.19. The van der Waals surface area contributed by atoms with E-state index in [2.05, 4.69) is 0 Å². The first-order valence-electron chi connectivity index (χ1n) is 6.32. The van der Waals surface area contributed by atoms with Crippen molar-refractivity contribution in [3.05, 3.63) is 52.0 Å². The summed E-state index contributed by atoms with van der Waals surface area (Å²) in [4.78, 5) is 21.0. The van der Waals surface area contributed by atoms with Gasteiger partial charge in [-0.15, -0.1) is 0 Å². The Morgan fingerprint density at radius 2 is 2.10 bits per heavy atom. The van der Waals surface area contributed by atoms with Gasteiger partial charge in [-0.05, 0) is 30.7 Å². The van der Waals surface area contributed by atoms with Crippen LogP contribution >= 0.6 is 0 Å². The lowest BCUT2D eigenvalue weighted by molar-refractivity contribution is -0.387. The van der Waals surface area contributed by atoms with Crippen LogP contribution in [0.3, 0.4) is 0 Å². The van der Waals surface area contributed by atoms with Gasteiger partial charge in [-0.1, -0.05) is 6.92 Å². The van der Waals surface area contributed by atoms with E-state index in [1.165, 1.54) is 12.1 Å². The van der Waals surface area contributed by atoms with E-state index >= 15 is 0 Å². The third-order valence-corrected chi connectivity index (χ3v) is 3.09. The molecule has 0 aliphatic carbocycles. The Morgan fingerprint density at radius 1 is 1.38 bits per heavy atom. The molecule has 0 spiro atoms. The molecule has 0 amide bonds. The Morgan fingerprint density at radius 3 is 2.62 bits per heavy atom. The van der Waals surface area contributed by atoms with E-state index in [4.69, 9.17) is 5.11 Å². The minimum absolute atomic E-state index is 0.102. The number of aromatic carboxylic acids is 1. The van der Waals surface area contributed by atoms with Crippen LogP contribution in [0.15, 0.2) is 30.3 Å². The Balaban J connectivity index is 2.54. The summed E-state index contributed by atoms with van der Waals surface area (Å²) in [5, 5.41) is 19.8. The van der Waals surface area contributed by atoms with Crippen LogP contribution in [0.2, 0.25) is 0 Å². The summed E-state index contributed by atoms with van der Waals surface area (Å²) in [7, 11) is 0. The number of hydrogen-bond acceptors (Lipinski definition) is 3. The molecule has 0 unspecified atom stereocenters. The highest BCUT2D eigenvalue weighted by Crippen LogP contribution is 2.27. The number of aromatic nitrogens is 1. The van der Waals surface area contributed by atoms with Crippen molar-refractivity contribution in [3.63, 3.8) is 0 Å². The smallest absolute Gasteiger partial charge is 0.352 e. The van der Waals surface area contributed by atoms with Crippen LogP contribution in [0, 0.1) is 15.9 Å². The van der Waals surface area contributed by atoms with Crippen LogP contribution in [0.4, 0.5) is 10.1 Å². The normalized spacial score (nSPS) is 10.6. The number of nitrogens with zero attached hydrogens (tertiary/aromatic N) is 2. The van der Waals surface area contributed by atoms with E-state index in [0.29, 0.717) is 24.2 Å². The Kier molecular flexibility index (Phi) is 4.02. The van der Waals surface area contributed by atoms with E-state index < -0.39 is 22.4 Å². The summed E-state index contributed by atoms with van der Waals surface area (Å²) in [5.74, 6) is -2.02. The highest BCUT2D eigenvalue weighted by molar-refractivity contribution is 5.87. The van der Waals surface area contributed by atoms with Gasteiger partial charge in [-0.25, -0.2) is 4.79 Å². The van der Waals surface area contributed by atoms with Gasteiger partial charge in [-0.3, -0.25) is 10.1 Å². The number of carboxylic acid groups (broad SMARTS) is 1. The molecule has 0 bridgehead atoms. The first-order chi connectivity index (χ1) is 9.95. The lowest BCUT2D eigenvalue weighted by atomic mass is 10.1. The molecular weight excluding hydrogens is 279 g/mol. The van der Waals surface area contributed by atoms with Gasteiger partial charge in [0.1, 0.15) is 5.69 Å². The van der Waals surface area contributed by atoms with Gasteiger partial charge in [0.2, 0.25) is 5.82 Å². The van der Waals surface area contributed by atoms with Gasteiger partial charge in [0, 0.05) is 23.9 Å². The second-order valence-electron chi connectivity index (χ2n) is 4.48. The minimum Gasteiger partial charge on any atom is -0.477 e. The summed E-state index contributed by atoms with van der Waals surface area (Å²) in [6, 6.07) is 6.54. The fourth-order valence-corrected chi connectivity index (χ4v) is 2.19. The molecule has 2 rings (SSSR count). The number of carbonyl (C=O) groups is 1. The minimum atomic E-state index is -1.07. The molecule has 0 aliphatic heterocycles. The van der Waals surface area contributed by atoms with Crippen molar-refractivity contribution < 1.29 is 19.2 Å². The Hall–Kier alpha value is -2.70. The number of rotatable bonds is 5. The van der Waals surface area contributed by atoms with Crippen molar-refractivity contribution in [1.82, 2.24) is 4.57 Å². The van der Waals surface area contributed by atoms with Crippen LogP contribution in [0.25, 0.3) is 11.3 Å². The molecule has 110 valence electrons. The van der Waals surface area contributed by atoms with Crippen LogP contribution in [-0.4, -0.2) is 20.6 Å². The first kappa shape index (κ1) is 14.7. The number of hydrogen-bond donors (Lipinski definition) is 1. The van der Waals surface area contributed by atoms with Crippen LogP contribution in [-0.2, 0) is 6.54 Å². The Bertz CT molecular complexity index is 709. The second kappa shape index (κ2) is 5.74. The van der Waals surface area contributed by atoms with Crippen LogP contribution < -0.4 is 0 Å². The maximum absolute atomic E-state index is 13.7. The predicted molar refractivity (Wildman–Crippen MR) is 73.7 cm³/mol. The molecule has 21 heavy (non-hydrogen) atoms. The number of benzene rings is 1. The van der Waals surface area contributed by atoms with Crippen molar-refractivity contribution in [3.8, 4) is 11.3 Å². The number of carboxylic acids is 1. The zero-order chi connectivity index (χ0) is 15.6. The third-order valence-electron chi connectivity index (χ3n) is 3.09. The average Bonchev–Trinajstić information content (AvgIpc) is 2.82. The van der Waals surface area contributed by atoms with Crippen molar-refractivity contribution in [2.75, 3.05) is 0 Å². The van der Waals surface area contributed by atoms with Gasteiger partial charge in [0.15, 0.2) is 0 Å². The van der Waals surface area contributed by atoms with Crippen LogP contribution in [0.1, 0.15) is 23.8 Å². The molecular formula is C14H13FN2O4. The van der Waals surface area contributed by atoms with Crippen molar-refractivity contribution in [2.45, 2.75) is 19.9 Å². The van der Waals surface area contributed by atoms with E-state index in [-0.39, 0.29) is 5.69 Å². The van der Waals surface area contributed by atoms with E-state index in [9.17, 15) is 19.3 Å². The molecule has 0 radical (unpaired) electrons. The number of nitro benzene ring substituents is 1. The SMILES string of the molecule is CCCn1c(C(=O)O)ccc1-c1ccc([N+](=O)[O-])c(F)c1. The molecule has 1 heterocycles. The van der Waals surface area contributed by atoms with Crippen molar-refractivity contribution in [1.29, 1.82) is 0 Å². The topological polar surface area (TPSA) is 85.4 Å². The molecule has 1 aromatic heterocycles. The van der Waals surface area contributed by atoms with Gasteiger partial charge >= 0.3 is 11.7 Å². The summed E-state index contributed by atoms with van der Waals surface area (Å²) >= 11 is 0. The fraction of sp³-hybridized carbons (Fsp3) is 0.214. The average molecular weight is 292 g/mol. The summed E-state index contributed by atoms with van der Waals surface area (Å²) < 4.78 is 15.3. The van der Waals surface area contributed by atoms with Gasteiger partial charge in [0.05, 0.1) is 4.92 Å². The van der Waals surface area contributed by atoms with E-state index in [1.54, 1.807) is 10.6 Å². The lowest BCUT2D eigenvalue weighted by Crippen LogP contribution is -2.09. The van der Waals surface area contributed by atoms with E-state index in [0.717, 1.165) is 12.1 Å². The quantitative estimate of drug-likeness (QED) is 0.676. The molecule has 0 fully saturated rings. The number of halogens is 1. The van der Waals surface area contributed by atoms with Gasteiger partial charge in [-0.2, -0.15) is 4.39 Å². The molecule has 0 saturated heterocycles. The number of nitro groups is 1. The Labute approximate surface area is 119 Å². The molecule has 2 aromatic rings. The summed E-state index contributed by atoms with van der Waals surface area (Å²) in [6.07, 6.45) is 0.706. The predicted octanol–water partition coefficient (Wildman–Crippen LogP) is 3.31. The molecule has 6 nitrogen and oxygen atoms in total. The summed E-state index contributed by atoms with van der Waals surface area (Å²) in [5.41, 5.74) is 0.415. The van der Waals surface area contributed by atoms with E-state index in [1.807, 2.05) is 6.92 Å². The van der Waals surface area contributed by atoms with Gasteiger partial charge in [0.25, 0.3) is 0 Å². The molecule has 1 N–H and O–H groups in total. The monoisotopic (exact) mass is 292 g/mol. The maximum atomic E-state index is 13.7. The molecule has 0 saturated carbocycles. The molecule has 7 heteroatoms. The second-order valence-corrected chi connectivity index (χ2v) is 4.48. The zero-order valence-corrected chi connectivity index (χ0v) is 11.2. The lowest BCUT2D eigenvalue weighted by Gasteiger charge is -2.10. The standard InChI is InChI=1S/C14H13FN2O4/c1-2-7-16-11(5-6-13(16)14(18)19)9-3-4-12(17(20)21)10(15)8-9/h3-6,8H,2,7H2,1H3,(H,18,19). The highest BCUT2D eigenvalue weighted by Gasteiger charge is 2.18. The van der Waals surface area contributed by atoms with Crippen molar-refractivity contribution >= 4 is 11.7 Å². The van der Waals surface area contributed by atoms with Crippen LogP contribution in [0.5, 0.6) is 0 Å². The third kappa shape index (κ3) is 2.76. The van der Waals surface area contributed by atoms with Gasteiger partial charge < -0.3 is 9.67 Å². The first-order valence-corrected chi connectivity index (χ1v) is 6.32. The molecule has 0 aliphatic rings.